The number of aliphatic hydroxyl groups is 1. The smallest absolute Gasteiger partial charge is 0.307 e. The standard InChI is InChI=1S/C19H22N2O.C8H10O2/c1-2-13-12-21-10-8-14(13)11-18(21)19(22)16-7-9-20-17-6-4-3-5-15(16)17;9-8(10)6-3-1-4-5(2-3)7(4)6/h2-7,9,13-14,18-19,22H,1,8,10-12H2;3-7H,1-2H2,(H,9,10). The zero-order valence-corrected chi connectivity index (χ0v) is 18.4. The van der Waals surface area contributed by atoms with Gasteiger partial charge in [0.1, 0.15) is 0 Å². The number of carbonyl (C=O) groups is 1. The molecule has 8 atom stereocenters. The fourth-order valence-corrected chi connectivity index (χ4v) is 7.73. The molecule has 2 N–H and O–H groups in total. The van der Waals surface area contributed by atoms with E-state index in [0.29, 0.717) is 23.7 Å². The summed E-state index contributed by atoms with van der Waals surface area (Å²) >= 11 is 0. The lowest BCUT2D eigenvalue weighted by atomic mass is 9.73. The van der Waals surface area contributed by atoms with Crippen molar-refractivity contribution in [2.24, 2.45) is 41.4 Å². The Labute approximate surface area is 189 Å². The maximum atomic E-state index is 11.0. The number of rotatable bonds is 4. The number of aliphatic hydroxyl groups excluding tert-OH is 1. The zero-order chi connectivity index (χ0) is 22.0. The summed E-state index contributed by atoms with van der Waals surface area (Å²) in [6.45, 7) is 6.11. The lowest BCUT2D eigenvalue weighted by Gasteiger charge is -2.50. The van der Waals surface area contributed by atoms with Crippen LogP contribution in [-0.2, 0) is 4.79 Å². The van der Waals surface area contributed by atoms with Crippen LogP contribution < -0.4 is 0 Å². The van der Waals surface area contributed by atoms with E-state index in [1.807, 2.05) is 30.5 Å². The van der Waals surface area contributed by atoms with E-state index in [4.69, 9.17) is 5.11 Å². The van der Waals surface area contributed by atoms with E-state index in [-0.39, 0.29) is 12.0 Å². The summed E-state index contributed by atoms with van der Waals surface area (Å²) in [6.07, 6.45) is 8.22. The van der Waals surface area contributed by atoms with Crippen LogP contribution in [0, 0.1) is 41.4 Å². The first-order valence-electron chi connectivity index (χ1n) is 12.2. The molecule has 7 aliphatic rings. The van der Waals surface area contributed by atoms with Crippen molar-refractivity contribution in [2.45, 2.75) is 37.8 Å². The van der Waals surface area contributed by atoms with Crippen molar-refractivity contribution in [1.82, 2.24) is 9.88 Å². The molecular weight excluding hydrogens is 400 g/mol. The lowest BCUT2D eigenvalue weighted by molar-refractivity contribution is -0.143. The van der Waals surface area contributed by atoms with Crippen molar-refractivity contribution >= 4 is 16.9 Å². The Morgan fingerprint density at radius 3 is 2.53 bits per heavy atom. The maximum absolute atomic E-state index is 11.0. The summed E-state index contributed by atoms with van der Waals surface area (Å²) in [5.74, 6) is 3.66. The molecule has 5 heteroatoms. The van der Waals surface area contributed by atoms with Gasteiger partial charge in [0.05, 0.1) is 17.5 Å². The molecule has 4 aliphatic carbocycles. The van der Waals surface area contributed by atoms with Crippen LogP contribution in [0.25, 0.3) is 10.9 Å². The number of hydrogen-bond donors (Lipinski definition) is 2. The summed E-state index contributed by atoms with van der Waals surface area (Å²) in [5, 5.41) is 20.9. The van der Waals surface area contributed by atoms with Gasteiger partial charge in [0, 0.05) is 24.2 Å². The highest BCUT2D eigenvalue weighted by molar-refractivity contribution is 5.82. The van der Waals surface area contributed by atoms with Crippen molar-refractivity contribution < 1.29 is 15.0 Å². The van der Waals surface area contributed by atoms with Crippen molar-refractivity contribution in [3.8, 4) is 0 Å². The van der Waals surface area contributed by atoms with E-state index in [2.05, 4.69) is 28.6 Å². The van der Waals surface area contributed by atoms with Gasteiger partial charge in [0.2, 0.25) is 0 Å². The number of nitrogens with zero attached hydrogens (tertiary/aromatic N) is 2. The van der Waals surface area contributed by atoms with Gasteiger partial charge < -0.3 is 10.2 Å². The van der Waals surface area contributed by atoms with Crippen molar-refractivity contribution in [2.75, 3.05) is 13.1 Å². The number of para-hydroxylation sites is 1. The maximum Gasteiger partial charge on any atom is 0.307 e. The Morgan fingerprint density at radius 1 is 1.16 bits per heavy atom. The monoisotopic (exact) mass is 432 g/mol. The molecule has 1 aromatic carbocycles. The number of piperidine rings is 3. The second-order valence-electron chi connectivity index (χ2n) is 10.6. The molecule has 3 saturated heterocycles. The van der Waals surface area contributed by atoms with Gasteiger partial charge in [0.15, 0.2) is 0 Å². The molecule has 4 saturated carbocycles. The van der Waals surface area contributed by atoms with Crippen molar-refractivity contribution in [3.05, 3.63) is 54.7 Å². The minimum Gasteiger partial charge on any atom is -0.481 e. The van der Waals surface area contributed by atoms with Crippen LogP contribution in [0.15, 0.2) is 49.2 Å². The van der Waals surface area contributed by atoms with Gasteiger partial charge in [-0.3, -0.25) is 14.7 Å². The predicted octanol–water partition coefficient (Wildman–Crippen LogP) is 4.14. The van der Waals surface area contributed by atoms with Crippen LogP contribution >= 0.6 is 0 Å². The number of carboxylic acids is 1. The molecular formula is C27H32N2O3. The van der Waals surface area contributed by atoms with Gasteiger partial charge in [0.25, 0.3) is 0 Å². The van der Waals surface area contributed by atoms with Gasteiger partial charge in [-0.2, -0.15) is 0 Å². The molecule has 4 heterocycles. The van der Waals surface area contributed by atoms with Crippen LogP contribution in [0.5, 0.6) is 0 Å². The Morgan fingerprint density at radius 2 is 1.94 bits per heavy atom. The Kier molecular flexibility index (Phi) is 4.88. The van der Waals surface area contributed by atoms with Crippen LogP contribution in [0.3, 0.4) is 0 Å². The Hall–Kier alpha value is -2.24. The molecule has 5 nitrogen and oxygen atoms in total. The number of fused-ring (bicyclic) bond motifs is 4. The predicted molar refractivity (Wildman–Crippen MR) is 123 cm³/mol. The highest BCUT2D eigenvalue weighted by Crippen LogP contribution is 2.73. The summed E-state index contributed by atoms with van der Waals surface area (Å²) in [5.41, 5.74) is 1.97. The number of benzene rings is 1. The highest BCUT2D eigenvalue weighted by atomic mass is 16.4. The molecule has 32 heavy (non-hydrogen) atoms. The largest absolute Gasteiger partial charge is 0.481 e. The number of pyridine rings is 1. The molecule has 0 radical (unpaired) electrons. The number of aliphatic carboxylic acids is 1. The highest BCUT2D eigenvalue weighted by Gasteiger charge is 2.70. The SMILES string of the molecule is C=CC1CN2CCC1CC2C(O)c1ccnc2ccccc12.O=C(O)C1C2CC3C(C2)C31. The van der Waals surface area contributed by atoms with Crippen molar-refractivity contribution in [3.63, 3.8) is 0 Å². The topological polar surface area (TPSA) is 73.7 Å². The van der Waals surface area contributed by atoms with Gasteiger partial charge in [-0.15, -0.1) is 6.58 Å². The van der Waals surface area contributed by atoms with Crippen LogP contribution in [0.4, 0.5) is 0 Å². The van der Waals surface area contributed by atoms with Crippen LogP contribution in [0.1, 0.15) is 37.4 Å². The molecule has 6 bridgehead atoms. The molecule has 2 aromatic rings. The first-order valence-corrected chi connectivity index (χ1v) is 12.2. The van der Waals surface area contributed by atoms with Gasteiger partial charge in [-0.05, 0) is 85.4 Å². The van der Waals surface area contributed by atoms with Gasteiger partial charge in [-0.1, -0.05) is 24.3 Å². The average molecular weight is 433 g/mol. The molecule has 0 amide bonds. The van der Waals surface area contributed by atoms with Gasteiger partial charge >= 0.3 is 5.97 Å². The lowest BCUT2D eigenvalue weighted by Crippen LogP contribution is -2.54. The quantitative estimate of drug-likeness (QED) is 0.711. The second-order valence-corrected chi connectivity index (χ2v) is 10.6. The minimum absolute atomic E-state index is 0.0648. The van der Waals surface area contributed by atoms with E-state index >= 15 is 0 Å². The number of hydrogen-bond acceptors (Lipinski definition) is 4. The first-order chi connectivity index (χ1) is 15.6. The first kappa shape index (κ1) is 20.4. The van der Waals surface area contributed by atoms with Crippen LogP contribution in [0.2, 0.25) is 0 Å². The third kappa shape index (κ3) is 3.12. The summed E-state index contributed by atoms with van der Waals surface area (Å²) in [6, 6.07) is 10.3. The summed E-state index contributed by atoms with van der Waals surface area (Å²) in [7, 11) is 0. The fourth-order valence-electron chi connectivity index (χ4n) is 7.73. The molecule has 3 aliphatic heterocycles. The molecule has 168 valence electrons. The molecule has 8 unspecified atom stereocenters. The number of aromatic nitrogens is 1. The van der Waals surface area contributed by atoms with Crippen molar-refractivity contribution in [1.29, 1.82) is 0 Å². The Balaban J connectivity index is 0.000000161. The minimum atomic E-state index is -0.530. The van der Waals surface area contributed by atoms with E-state index in [1.54, 1.807) is 0 Å². The third-order valence-electron chi connectivity index (χ3n) is 9.28. The fraction of sp³-hybridized carbons (Fsp3) is 0.556. The molecule has 7 fully saturated rings. The normalized spacial score (nSPS) is 41.1. The zero-order valence-electron chi connectivity index (χ0n) is 18.4. The van der Waals surface area contributed by atoms with E-state index in [0.717, 1.165) is 47.8 Å². The molecule has 9 rings (SSSR count). The van der Waals surface area contributed by atoms with E-state index in [9.17, 15) is 9.90 Å². The summed E-state index contributed by atoms with van der Waals surface area (Å²) in [4.78, 5) is 17.5. The van der Waals surface area contributed by atoms with Gasteiger partial charge in [-0.25, -0.2) is 0 Å². The average Bonchev–Trinajstić information content (AvgIpc) is 3.21. The van der Waals surface area contributed by atoms with E-state index in [1.165, 1.54) is 19.3 Å². The summed E-state index contributed by atoms with van der Waals surface area (Å²) < 4.78 is 0. The Bertz CT molecular complexity index is 1030. The third-order valence-corrected chi connectivity index (χ3v) is 9.28. The molecule has 1 aromatic heterocycles. The van der Waals surface area contributed by atoms with E-state index < -0.39 is 12.1 Å². The molecule has 0 spiro atoms. The second kappa shape index (κ2) is 7.67. The number of carboxylic acid groups (broad SMARTS) is 1. The van der Waals surface area contributed by atoms with Crippen LogP contribution in [-0.4, -0.2) is 45.2 Å².